The first kappa shape index (κ1) is 28.3. The van der Waals surface area contributed by atoms with Crippen LogP contribution in [0.25, 0.3) is 11.3 Å². The molecule has 5 rings (SSSR count). The molecule has 0 aliphatic carbocycles. The third kappa shape index (κ3) is 6.24. The normalized spacial score (nSPS) is 21.3. The van der Waals surface area contributed by atoms with Gasteiger partial charge in [0, 0.05) is 57.1 Å². The van der Waals surface area contributed by atoms with Crippen molar-refractivity contribution < 1.29 is 27.8 Å². The van der Waals surface area contributed by atoms with Crippen molar-refractivity contribution in [1.29, 1.82) is 0 Å². The number of rotatable bonds is 9. The fraction of sp³-hybridized carbons (Fsp3) is 0.467. The number of aliphatic hydroxyl groups is 1. The molecule has 2 fully saturated rings. The van der Waals surface area contributed by atoms with Crippen LogP contribution in [0.15, 0.2) is 54.7 Å². The summed E-state index contributed by atoms with van der Waals surface area (Å²) in [5.41, 5.74) is 1.20. The molecule has 2 N–H and O–H groups in total. The zero-order chi connectivity index (χ0) is 28.2. The highest BCUT2D eigenvalue weighted by atomic mass is 19.1. The minimum Gasteiger partial charge on any atom is -0.384 e. The largest absolute Gasteiger partial charge is 0.384 e. The number of ether oxygens (including phenoxy) is 1. The standard InChI is InChI=1S/C30H35F3N4O3/c1-19(38)30(39)37(17-22-14-34-15-26(22)33)28(21-9-11-40-12-10-21)29-35-27(24-13-23(31)7-8-25(24)32)18-36(29)16-20-5-3-2-4-6-20/h2-8,13,18-19,21-22,26,28,34,38H,9-12,14-17H2,1H3/t19-,22+,26+,28+/m0/s1. The second-order valence-electron chi connectivity index (χ2n) is 10.7. The van der Waals surface area contributed by atoms with Crippen molar-refractivity contribution in [3.05, 3.63) is 77.8 Å². The van der Waals surface area contributed by atoms with E-state index in [0.717, 1.165) is 23.8 Å². The number of aromatic nitrogens is 2. The lowest BCUT2D eigenvalue weighted by molar-refractivity contribution is -0.145. The molecule has 0 bridgehead atoms. The number of amides is 1. The number of hydrogen-bond donors (Lipinski definition) is 2. The fourth-order valence-electron chi connectivity index (χ4n) is 5.75. The van der Waals surface area contributed by atoms with Gasteiger partial charge >= 0.3 is 0 Å². The molecular weight excluding hydrogens is 521 g/mol. The highest BCUT2D eigenvalue weighted by Gasteiger charge is 2.41. The van der Waals surface area contributed by atoms with E-state index in [0.29, 0.717) is 45.0 Å². The zero-order valence-corrected chi connectivity index (χ0v) is 22.5. The van der Waals surface area contributed by atoms with E-state index in [2.05, 4.69) is 5.32 Å². The van der Waals surface area contributed by atoms with Gasteiger partial charge in [0.15, 0.2) is 0 Å². The number of nitrogens with one attached hydrogen (secondary N) is 1. The maximum absolute atomic E-state index is 14.9. The van der Waals surface area contributed by atoms with Crippen LogP contribution in [0.4, 0.5) is 13.2 Å². The predicted molar refractivity (Wildman–Crippen MR) is 144 cm³/mol. The number of alkyl halides is 1. The van der Waals surface area contributed by atoms with Gasteiger partial charge in [-0.2, -0.15) is 0 Å². The first-order valence-electron chi connectivity index (χ1n) is 13.8. The summed E-state index contributed by atoms with van der Waals surface area (Å²) in [5.74, 6) is -1.82. The van der Waals surface area contributed by atoms with Gasteiger partial charge in [0.05, 0.1) is 11.7 Å². The zero-order valence-electron chi connectivity index (χ0n) is 22.5. The average Bonchev–Trinajstić information content (AvgIpc) is 3.56. The van der Waals surface area contributed by atoms with Gasteiger partial charge in [-0.1, -0.05) is 30.3 Å². The number of carbonyl (C=O) groups is 1. The molecule has 1 aromatic heterocycles. The third-order valence-corrected chi connectivity index (χ3v) is 7.85. The molecule has 0 saturated carbocycles. The van der Waals surface area contributed by atoms with E-state index < -0.39 is 41.8 Å². The molecule has 0 spiro atoms. The maximum atomic E-state index is 14.9. The third-order valence-electron chi connectivity index (χ3n) is 7.85. The Balaban J connectivity index is 1.65. The fourth-order valence-corrected chi connectivity index (χ4v) is 5.75. The van der Waals surface area contributed by atoms with E-state index in [1.54, 1.807) is 11.1 Å². The highest BCUT2D eigenvalue weighted by molar-refractivity contribution is 5.80. The molecule has 40 heavy (non-hydrogen) atoms. The van der Waals surface area contributed by atoms with E-state index in [9.17, 15) is 23.1 Å². The van der Waals surface area contributed by atoms with E-state index in [4.69, 9.17) is 9.72 Å². The molecule has 1 amide bonds. The van der Waals surface area contributed by atoms with Gasteiger partial charge < -0.3 is 24.6 Å². The molecular formula is C30H35F3N4O3. The molecule has 10 heteroatoms. The van der Waals surface area contributed by atoms with Crippen LogP contribution in [-0.4, -0.2) is 70.6 Å². The van der Waals surface area contributed by atoms with Gasteiger partial charge in [-0.3, -0.25) is 4.79 Å². The average molecular weight is 557 g/mol. The number of hydrogen-bond acceptors (Lipinski definition) is 5. The minimum absolute atomic E-state index is 0.0102. The Morgan fingerprint density at radius 3 is 2.60 bits per heavy atom. The van der Waals surface area contributed by atoms with Crippen LogP contribution in [0.5, 0.6) is 0 Å². The number of imidazole rings is 1. The van der Waals surface area contributed by atoms with Crippen molar-refractivity contribution in [3.8, 4) is 11.3 Å². The van der Waals surface area contributed by atoms with Gasteiger partial charge in [-0.15, -0.1) is 0 Å². The van der Waals surface area contributed by atoms with Crippen molar-refractivity contribution in [2.24, 2.45) is 11.8 Å². The van der Waals surface area contributed by atoms with Crippen LogP contribution in [0.2, 0.25) is 0 Å². The van der Waals surface area contributed by atoms with E-state index in [1.165, 1.54) is 6.92 Å². The molecule has 0 radical (unpaired) electrons. The van der Waals surface area contributed by atoms with Crippen molar-refractivity contribution in [2.75, 3.05) is 32.8 Å². The molecule has 2 aromatic carbocycles. The molecule has 3 aromatic rings. The summed E-state index contributed by atoms with van der Waals surface area (Å²) >= 11 is 0. The SMILES string of the molecule is C[C@H](O)C(=O)N(C[C@H]1CNC[C@H]1F)[C@@H](c1nc(-c2cc(F)ccc2F)cn1Cc1ccccc1)C1CCOCC1. The van der Waals surface area contributed by atoms with Crippen molar-refractivity contribution >= 4 is 5.91 Å². The van der Waals surface area contributed by atoms with Gasteiger partial charge in [0.1, 0.15) is 29.7 Å². The monoisotopic (exact) mass is 556 g/mol. The lowest BCUT2D eigenvalue weighted by Crippen LogP contribution is -2.48. The molecule has 3 heterocycles. The maximum Gasteiger partial charge on any atom is 0.251 e. The summed E-state index contributed by atoms with van der Waals surface area (Å²) in [6.07, 6.45) is 0.469. The summed E-state index contributed by atoms with van der Waals surface area (Å²) in [6.45, 7) is 3.44. The quantitative estimate of drug-likeness (QED) is 0.415. The molecule has 7 nitrogen and oxygen atoms in total. The Morgan fingerprint density at radius 2 is 1.93 bits per heavy atom. The summed E-state index contributed by atoms with van der Waals surface area (Å²) in [5, 5.41) is 13.5. The molecule has 2 saturated heterocycles. The van der Waals surface area contributed by atoms with Crippen LogP contribution < -0.4 is 5.32 Å². The minimum atomic E-state index is -1.31. The number of aliphatic hydroxyl groups excluding tert-OH is 1. The van der Waals surface area contributed by atoms with Crippen molar-refractivity contribution in [2.45, 2.75) is 44.6 Å². The van der Waals surface area contributed by atoms with Crippen molar-refractivity contribution in [1.82, 2.24) is 19.8 Å². The van der Waals surface area contributed by atoms with E-state index in [1.807, 2.05) is 34.9 Å². The van der Waals surface area contributed by atoms with Gasteiger partial charge in [-0.05, 0) is 49.4 Å². The molecule has 4 atom stereocenters. The summed E-state index contributed by atoms with van der Waals surface area (Å²) in [7, 11) is 0. The predicted octanol–water partition coefficient (Wildman–Crippen LogP) is 4.11. The molecule has 214 valence electrons. The van der Waals surface area contributed by atoms with Crippen LogP contribution in [-0.2, 0) is 16.1 Å². The molecule has 2 aliphatic rings. The van der Waals surface area contributed by atoms with Crippen molar-refractivity contribution in [3.63, 3.8) is 0 Å². The van der Waals surface area contributed by atoms with Crippen LogP contribution >= 0.6 is 0 Å². The smallest absolute Gasteiger partial charge is 0.251 e. The first-order valence-corrected chi connectivity index (χ1v) is 13.8. The Labute approximate surface area is 232 Å². The molecule has 0 unspecified atom stereocenters. The van der Waals surface area contributed by atoms with Crippen LogP contribution in [0.3, 0.4) is 0 Å². The van der Waals surface area contributed by atoms with E-state index >= 15 is 0 Å². The lowest BCUT2D eigenvalue weighted by Gasteiger charge is -2.40. The van der Waals surface area contributed by atoms with E-state index in [-0.39, 0.29) is 30.3 Å². The topological polar surface area (TPSA) is 79.6 Å². The lowest BCUT2D eigenvalue weighted by atomic mass is 9.88. The second-order valence-corrected chi connectivity index (χ2v) is 10.7. The number of carbonyl (C=O) groups excluding carboxylic acids is 1. The molecule has 2 aliphatic heterocycles. The highest BCUT2D eigenvalue weighted by Crippen LogP contribution is 2.38. The second kappa shape index (κ2) is 12.5. The van der Waals surface area contributed by atoms with Crippen LogP contribution in [0, 0.1) is 23.5 Å². The Hall–Kier alpha value is -3.21. The van der Waals surface area contributed by atoms with Gasteiger partial charge in [0.2, 0.25) is 0 Å². The first-order chi connectivity index (χ1) is 19.3. The number of halogens is 3. The summed E-state index contributed by atoms with van der Waals surface area (Å²) in [4.78, 5) is 20.0. The number of benzene rings is 2. The Bertz CT molecular complexity index is 1300. The number of nitrogens with zero attached hydrogens (tertiary/aromatic N) is 3. The van der Waals surface area contributed by atoms with Gasteiger partial charge in [-0.25, -0.2) is 18.2 Å². The van der Waals surface area contributed by atoms with Crippen LogP contribution in [0.1, 0.15) is 37.2 Å². The summed E-state index contributed by atoms with van der Waals surface area (Å²) in [6, 6.07) is 12.2. The Kier molecular flexibility index (Phi) is 8.87. The van der Waals surface area contributed by atoms with Gasteiger partial charge in [0.25, 0.3) is 5.91 Å². The summed E-state index contributed by atoms with van der Waals surface area (Å²) < 4.78 is 51.4. The Morgan fingerprint density at radius 1 is 1.18 bits per heavy atom.